The van der Waals surface area contributed by atoms with Crippen LogP contribution in [0, 0.1) is 0 Å². The van der Waals surface area contributed by atoms with Crippen molar-refractivity contribution in [2.24, 2.45) is 0 Å². The lowest BCUT2D eigenvalue weighted by atomic mass is 10.2. The third kappa shape index (κ3) is 4.72. The molecule has 5 N–H and O–H groups in total. The summed E-state index contributed by atoms with van der Waals surface area (Å²) in [6, 6.07) is 0. The lowest BCUT2D eigenvalue weighted by molar-refractivity contribution is 0.166. The Labute approximate surface area is 59.1 Å². The topological polar surface area (TPSA) is 83.2 Å². The second kappa shape index (κ2) is 6.35. The van der Waals surface area contributed by atoms with Crippen LogP contribution in [0.3, 0.4) is 0 Å². The van der Waals surface area contributed by atoms with E-state index in [4.69, 9.17) is 5.11 Å². The molecule has 1 aliphatic rings. The molecule has 0 aromatic heterocycles. The molecular formula is C5H14O3S. The third-order valence-corrected chi connectivity index (χ3v) is 2.24. The number of rotatable bonds is 0. The molecule has 0 atom stereocenters. The molecule has 0 amide bonds. The maximum atomic E-state index is 8.90. The average molecular weight is 154 g/mol. The minimum atomic E-state index is 0. The Morgan fingerprint density at radius 1 is 1.11 bits per heavy atom. The van der Waals surface area contributed by atoms with Gasteiger partial charge in [0.2, 0.25) is 0 Å². The van der Waals surface area contributed by atoms with Gasteiger partial charge in [0.1, 0.15) is 0 Å². The van der Waals surface area contributed by atoms with E-state index in [9.17, 15) is 0 Å². The Kier molecular flexibility index (Phi) is 8.44. The minimum absolute atomic E-state index is 0. The highest BCUT2D eigenvalue weighted by Crippen LogP contribution is 2.15. The summed E-state index contributed by atoms with van der Waals surface area (Å²) in [7, 11) is 0. The van der Waals surface area contributed by atoms with Crippen molar-refractivity contribution < 1.29 is 16.1 Å². The summed E-state index contributed by atoms with van der Waals surface area (Å²) in [5.41, 5.74) is 0. The van der Waals surface area contributed by atoms with E-state index in [-0.39, 0.29) is 17.1 Å². The lowest BCUT2D eigenvalue weighted by Crippen LogP contribution is -2.13. The molecule has 1 aliphatic heterocycles. The van der Waals surface area contributed by atoms with Crippen LogP contribution in [-0.4, -0.2) is 33.7 Å². The van der Waals surface area contributed by atoms with E-state index in [1.54, 1.807) is 0 Å². The van der Waals surface area contributed by atoms with Gasteiger partial charge >= 0.3 is 0 Å². The van der Waals surface area contributed by atoms with Crippen molar-refractivity contribution in [3.05, 3.63) is 0 Å². The van der Waals surface area contributed by atoms with Crippen molar-refractivity contribution in [1.82, 2.24) is 0 Å². The Bertz CT molecular complexity index is 54.2. The Morgan fingerprint density at radius 2 is 1.56 bits per heavy atom. The van der Waals surface area contributed by atoms with E-state index < -0.39 is 0 Å². The van der Waals surface area contributed by atoms with Crippen LogP contribution in [0.15, 0.2) is 0 Å². The third-order valence-electron chi connectivity index (χ3n) is 1.19. The first kappa shape index (κ1) is 12.0. The monoisotopic (exact) mass is 154 g/mol. The zero-order valence-electron chi connectivity index (χ0n) is 5.26. The smallest absolute Gasteiger partial charge is 0.0556 e. The minimum Gasteiger partial charge on any atom is -0.412 e. The predicted molar refractivity (Wildman–Crippen MR) is 39.8 cm³/mol. The molecule has 0 unspecified atom stereocenters. The highest BCUT2D eigenvalue weighted by Gasteiger charge is 2.08. The van der Waals surface area contributed by atoms with Gasteiger partial charge < -0.3 is 16.1 Å². The van der Waals surface area contributed by atoms with Gasteiger partial charge in [-0.15, -0.1) is 0 Å². The Balaban J connectivity index is 0. The highest BCUT2D eigenvalue weighted by atomic mass is 32.2. The van der Waals surface area contributed by atoms with Crippen molar-refractivity contribution in [3.63, 3.8) is 0 Å². The first-order chi connectivity index (χ1) is 3.39. The molecule has 0 aromatic rings. The molecule has 0 spiro atoms. The zero-order chi connectivity index (χ0) is 5.11. The van der Waals surface area contributed by atoms with Gasteiger partial charge in [0, 0.05) is 0 Å². The molecular weight excluding hydrogens is 140 g/mol. The second-order valence-corrected chi connectivity index (χ2v) is 3.07. The van der Waals surface area contributed by atoms with Crippen molar-refractivity contribution in [2.45, 2.75) is 18.9 Å². The number of aliphatic hydroxyl groups is 1. The van der Waals surface area contributed by atoms with Gasteiger partial charge in [-0.25, -0.2) is 0 Å². The summed E-state index contributed by atoms with van der Waals surface area (Å²) in [6.45, 7) is 0. The fourth-order valence-electron chi connectivity index (χ4n) is 0.685. The molecule has 1 fully saturated rings. The summed E-state index contributed by atoms with van der Waals surface area (Å²) in [4.78, 5) is 0. The maximum absolute atomic E-state index is 8.90. The lowest BCUT2D eigenvalue weighted by Gasteiger charge is -2.14. The first-order valence-electron chi connectivity index (χ1n) is 2.65. The molecule has 0 bridgehead atoms. The summed E-state index contributed by atoms with van der Waals surface area (Å²) < 4.78 is 0. The molecule has 1 saturated heterocycles. The van der Waals surface area contributed by atoms with Crippen LogP contribution in [0.5, 0.6) is 0 Å². The molecule has 0 radical (unpaired) electrons. The molecule has 0 saturated carbocycles. The Hall–Kier alpha value is 0.230. The molecule has 9 heavy (non-hydrogen) atoms. The summed E-state index contributed by atoms with van der Waals surface area (Å²) in [6.07, 6.45) is 2.02. The molecule has 58 valence electrons. The second-order valence-electron chi connectivity index (χ2n) is 1.84. The van der Waals surface area contributed by atoms with Crippen molar-refractivity contribution in [2.75, 3.05) is 11.5 Å². The normalized spacial score (nSPS) is 19.7. The van der Waals surface area contributed by atoms with Crippen LogP contribution in [0.25, 0.3) is 0 Å². The van der Waals surface area contributed by atoms with Crippen molar-refractivity contribution in [1.29, 1.82) is 0 Å². The standard InChI is InChI=1S/C5H10OS.2H2O/c6-5-1-3-7-4-2-5;;/h5-6H,1-4H2;2*1H2. The maximum Gasteiger partial charge on any atom is 0.0556 e. The molecule has 0 aliphatic carbocycles. The largest absolute Gasteiger partial charge is 0.412 e. The van der Waals surface area contributed by atoms with Crippen molar-refractivity contribution in [3.8, 4) is 0 Å². The van der Waals surface area contributed by atoms with E-state index in [1.165, 1.54) is 0 Å². The van der Waals surface area contributed by atoms with Crippen LogP contribution in [0.4, 0.5) is 0 Å². The SMILES string of the molecule is O.O.OC1CCSCC1. The van der Waals surface area contributed by atoms with Gasteiger partial charge in [-0.2, -0.15) is 11.8 Å². The van der Waals surface area contributed by atoms with Crippen LogP contribution < -0.4 is 0 Å². The quantitative estimate of drug-likeness (QED) is 0.496. The molecule has 3 nitrogen and oxygen atoms in total. The molecule has 1 heterocycles. The summed E-state index contributed by atoms with van der Waals surface area (Å²) >= 11 is 1.94. The van der Waals surface area contributed by atoms with Gasteiger partial charge in [0.15, 0.2) is 0 Å². The summed E-state index contributed by atoms with van der Waals surface area (Å²) in [5, 5.41) is 8.90. The van der Waals surface area contributed by atoms with E-state index >= 15 is 0 Å². The average Bonchev–Trinajstić information content (AvgIpc) is 1.69. The van der Waals surface area contributed by atoms with Gasteiger partial charge in [0.05, 0.1) is 6.10 Å². The van der Waals surface area contributed by atoms with Crippen LogP contribution in [0.2, 0.25) is 0 Å². The van der Waals surface area contributed by atoms with Crippen LogP contribution in [-0.2, 0) is 0 Å². The molecule has 0 aromatic carbocycles. The summed E-state index contributed by atoms with van der Waals surface area (Å²) in [5.74, 6) is 2.31. The van der Waals surface area contributed by atoms with E-state index in [1.807, 2.05) is 11.8 Å². The number of aliphatic hydroxyl groups excluding tert-OH is 1. The van der Waals surface area contributed by atoms with Gasteiger partial charge in [-0.1, -0.05) is 0 Å². The molecule has 1 rings (SSSR count). The fourth-order valence-corrected chi connectivity index (χ4v) is 1.77. The van der Waals surface area contributed by atoms with E-state index in [0.717, 1.165) is 24.3 Å². The van der Waals surface area contributed by atoms with Crippen LogP contribution in [0.1, 0.15) is 12.8 Å². The molecule has 4 heteroatoms. The van der Waals surface area contributed by atoms with Gasteiger partial charge in [-0.3, -0.25) is 0 Å². The van der Waals surface area contributed by atoms with Crippen LogP contribution >= 0.6 is 11.8 Å². The Morgan fingerprint density at radius 3 is 1.78 bits per heavy atom. The number of hydrogen-bond donors (Lipinski definition) is 1. The zero-order valence-corrected chi connectivity index (χ0v) is 6.08. The van der Waals surface area contributed by atoms with E-state index in [2.05, 4.69) is 0 Å². The van der Waals surface area contributed by atoms with Gasteiger partial charge in [0.25, 0.3) is 0 Å². The fraction of sp³-hybridized carbons (Fsp3) is 1.00. The highest BCUT2D eigenvalue weighted by molar-refractivity contribution is 7.99. The number of hydrogen-bond acceptors (Lipinski definition) is 2. The first-order valence-corrected chi connectivity index (χ1v) is 3.81. The van der Waals surface area contributed by atoms with Gasteiger partial charge in [-0.05, 0) is 24.3 Å². The number of thioether (sulfide) groups is 1. The predicted octanol–water partition coefficient (Wildman–Crippen LogP) is -0.775. The van der Waals surface area contributed by atoms with Crippen molar-refractivity contribution >= 4 is 11.8 Å². The van der Waals surface area contributed by atoms with E-state index in [0.29, 0.717) is 0 Å².